The van der Waals surface area contributed by atoms with Gasteiger partial charge in [0.2, 0.25) is 10.0 Å². The van der Waals surface area contributed by atoms with Crippen molar-refractivity contribution in [1.29, 1.82) is 0 Å². The van der Waals surface area contributed by atoms with Gasteiger partial charge in [0, 0.05) is 6.54 Å². The number of aromatic nitrogens is 2. The third-order valence-corrected chi connectivity index (χ3v) is 7.10. The summed E-state index contributed by atoms with van der Waals surface area (Å²) in [5.41, 5.74) is 0. The van der Waals surface area contributed by atoms with Crippen molar-refractivity contribution in [3.8, 4) is 6.01 Å². The Morgan fingerprint density at radius 3 is 2.48 bits per heavy atom. The van der Waals surface area contributed by atoms with Crippen LogP contribution < -0.4 is 4.74 Å². The molecule has 0 N–H and O–H groups in total. The Labute approximate surface area is 142 Å². The fourth-order valence-electron chi connectivity index (χ4n) is 3.32. The zero-order valence-corrected chi connectivity index (χ0v) is 14.6. The Hall–Kier alpha value is -0.920. The summed E-state index contributed by atoms with van der Waals surface area (Å²) in [5, 5.41) is 0.226. The van der Waals surface area contributed by atoms with E-state index in [1.54, 1.807) is 4.31 Å². The van der Waals surface area contributed by atoms with Crippen LogP contribution in [0, 0.1) is 0 Å². The first-order valence-electron chi connectivity index (χ1n) is 8.19. The highest BCUT2D eigenvalue weighted by atomic mass is 35.5. The molecule has 1 aromatic rings. The predicted molar refractivity (Wildman–Crippen MR) is 88.1 cm³/mol. The molecule has 1 saturated heterocycles. The molecule has 1 aromatic heterocycles. The monoisotopic (exact) mass is 359 g/mol. The van der Waals surface area contributed by atoms with E-state index in [-0.39, 0.29) is 17.4 Å². The molecule has 1 atom stereocenters. The van der Waals surface area contributed by atoms with E-state index >= 15 is 0 Å². The second kappa shape index (κ2) is 7.32. The van der Waals surface area contributed by atoms with E-state index in [1.807, 2.05) is 0 Å². The smallest absolute Gasteiger partial charge is 0.316 e. The summed E-state index contributed by atoms with van der Waals surface area (Å²) in [6, 6.07) is 0.247. The molecule has 2 aliphatic rings. The van der Waals surface area contributed by atoms with Gasteiger partial charge in [0.1, 0.15) is 6.10 Å². The van der Waals surface area contributed by atoms with Crippen LogP contribution in [0.5, 0.6) is 6.01 Å². The molecule has 1 aliphatic carbocycles. The van der Waals surface area contributed by atoms with Crippen molar-refractivity contribution in [2.75, 3.05) is 13.1 Å². The van der Waals surface area contributed by atoms with E-state index in [9.17, 15) is 8.42 Å². The Bertz CT molecular complexity index is 617. The van der Waals surface area contributed by atoms with E-state index in [1.165, 1.54) is 12.4 Å². The molecular weight excluding hydrogens is 338 g/mol. The topological polar surface area (TPSA) is 72.4 Å². The summed E-state index contributed by atoms with van der Waals surface area (Å²) in [5.74, 6) is 0. The number of sulfonamides is 1. The molecule has 8 heteroatoms. The van der Waals surface area contributed by atoms with Crippen molar-refractivity contribution in [3.63, 3.8) is 0 Å². The second-order valence-corrected chi connectivity index (χ2v) is 8.88. The first-order valence-corrected chi connectivity index (χ1v) is 10.1. The van der Waals surface area contributed by atoms with Crippen molar-refractivity contribution in [2.24, 2.45) is 0 Å². The minimum Gasteiger partial charge on any atom is -0.459 e. The number of hydrogen-bond donors (Lipinski definition) is 0. The highest BCUT2D eigenvalue weighted by molar-refractivity contribution is 7.89. The van der Waals surface area contributed by atoms with E-state index in [4.69, 9.17) is 16.3 Å². The van der Waals surface area contributed by atoms with Gasteiger partial charge in [-0.25, -0.2) is 18.4 Å². The van der Waals surface area contributed by atoms with Gasteiger partial charge < -0.3 is 4.74 Å². The lowest BCUT2D eigenvalue weighted by Gasteiger charge is -2.35. The molecule has 0 aromatic carbocycles. The van der Waals surface area contributed by atoms with Crippen LogP contribution in [-0.4, -0.2) is 47.1 Å². The molecule has 3 rings (SSSR count). The second-order valence-electron chi connectivity index (χ2n) is 6.23. The Morgan fingerprint density at radius 2 is 1.78 bits per heavy atom. The molecule has 0 radical (unpaired) electrons. The Balaban J connectivity index is 1.64. The molecule has 1 aliphatic heterocycles. The fourth-order valence-corrected chi connectivity index (χ4v) is 5.52. The van der Waals surface area contributed by atoms with Crippen LogP contribution >= 0.6 is 11.6 Å². The largest absolute Gasteiger partial charge is 0.459 e. The van der Waals surface area contributed by atoms with E-state index < -0.39 is 10.0 Å². The minimum absolute atomic E-state index is 0.205. The quantitative estimate of drug-likeness (QED) is 0.826. The maximum absolute atomic E-state index is 12.8. The summed E-state index contributed by atoms with van der Waals surface area (Å²) in [6.45, 7) is 0.963. The molecule has 0 bridgehead atoms. The zero-order chi connectivity index (χ0) is 16.3. The lowest BCUT2D eigenvalue weighted by Crippen LogP contribution is -2.48. The number of ether oxygens (including phenoxy) is 1. The molecule has 2 heterocycles. The van der Waals surface area contributed by atoms with E-state index in [0.29, 0.717) is 18.1 Å². The van der Waals surface area contributed by atoms with Crippen molar-refractivity contribution in [2.45, 2.75) is 56.3 Å². The zero-order valence-electron chi connectivity index (χ0n) is 13.0. The van der Waals surface area contributed by atoms with E-state index in [0.717, 1.165) is 44.9 Å². The average molecular weight is 360 g/mol. The van der Waals surface area contributed by atoms with Crippen LogP contribution in [0.15, 0.2) is 12.4 Å². The SMILES string of the molecule is O=S(=O)(C1CCCCC1)N1CCCC(Oc2ncc(Cl)cn2)C1. The number of piperidine rings is 1. The van der Waals surface area contributed by atoms with Crippen LogP contribution in [0.25, 0.3) is 0 Å². The van der Waals surface area contributed by atoms with Crippen LogP contribution in [0.3, 0.4) is 0 Å². The third-order valence-electron chi connectivity index (χ3n) is 4.54. The highest BCUT2D eigenvalue weighted by Crippen LogP contribution is 2.28. The number of nitrogens with zero attached hydrogens (tertiary/aromatic N) is 3. The molecule has 1 saturated carbocycles. The van der Waals surface area contributed by atoms with Gasteiger partial charge in [0.15, 0.2) is 0 Å². The van der Waals surface area contributed by atoms with Gasteiger partial charge in [-0.3, -0.25) is 0 Å². The van der Waals surface area contributed by atoms with Crippen molar-refractivity contribution in [3.05, 3.63) is 17.4 Å². The highest BCUT2D eigenvalue weighted by Gasteiger charge is 2.36. The van der Waals surface area contributed by atoms with E-state index in [2.05, 4.69) is 9.97 Å². The van der Waals surface area contributed by atoms with Crippen molar-refractivity contribution >= 4 is 21.6 Å². The van der Waals surface area contributed by atoms with Crippen LogP contribution in [-0.2, 0) is 10.0 Å². The van der Waals surface area contributed by atoms with Gasteiger partial charge in [-0.05, 0) is 25.7 Å². The molecule has 0 amide bonds. The first-order chi connectivity index (χ1) is 11.1. The molecule has 2 fully saturated rings. The standard InChI is InChI=1S/C15H22ClN3O3S/c16-12-9-17-15(18-10-12)22-13-5-4-8-19(11-13)23(20,21)14-6-2-1-3-7-14/h9-10,13-14H,1-8,11H2. The normalized spacial score (nSPS) is 24.5. The summed E-state index contributed by atoms with van der Waals surface area (Å²) < 4.78 is 33.0. The molecule has 6 nitrogen and oxygen atoms in total. The maximum atomic E-state index is 12.8. The summed E-state index contributed by atoms with van der Waals surface area (Å²) in [6.07, 6.45) is 9.08. The first kappa shape index (κ1) is 16.9. The summed E-state index contributed by atoms with van der Waals surface area (Å²) in [4.78, 5) is 8.03. The lowest BCUT2D eigenvalue weighted by molar-refractivity contribution is 0.118. The Morgan fingerprint density at radius 1 is 1.09 bits per heavy atom. The predicted octanol–water partition coefficient (Wildman–Crippen LogP) is 2.64. The van der Waals surface area contributed by atoms with Crippen molar-refractivity contribution in [1.82, 2.24) is 14.3 Å². The molecule has 0 spiro atoms. The van der Waals surface area contributed by atoms with Crippen LogP contribution in [0.2, 0.25) is 5.02 Å². The fraction of sp³-hybridized carbons (Fsp3) is 0.733. The van der Waals surface area contributed by atoms with Gasteiger partial charge in [-0.1, -0.05) is 30.9 Å². The van der Waals surface area contributed by atoms with Gasteiger partial charge >= 0.3 is 6.01 Å². The molecule has 1 unspecified atom stereocenters. The van der Waals surface area contributed by atoms with Gasteiger partial charge in [0.05, 0.1) is 29.2 Å². The van der Waals surface area contributed by atoms with Gasteiger partial charge in [-0.15, -0.1) is 0 Å². The van der Waals surface area contributed by atoms with Gasteiger partial charge in [0.25, 0.3) is 0 Å². The molecule has 23 heavy (non-hydrogen) atoms. The summed E-state index contributed by atoms with van der Waals surface area (Å²) in [7, 11) is -3.23. The van der Waals surface area contributed by atoms with Crippen LogP contribution in [0.4, 0.5) is 0 Å². The minimum atomic E-state index is -3.23. The number of rotatable bonds is 4. The summed E-state index contributed by atoms with van der Waals surface area (Å²) >= 11 is 5.76. The maximum Gasteiger partial charge on any atom is 0.316 e. The van der Waals surface area contributed by atoms with Crippen molar-refractivity contribution < 1.29 is 13.2 Å². The molecule has 128 valence electrons. The van der Waals surface area contributed by atoms with Crippen LogP contribution in [0.1, 0.15) is 44.9 Å². The lowest BCUT2D eigenvalue weighted by atomic mass is 10.0. The number of halogens is 1. The third kappa shape index (κ3) is 4.14. The average Bonchev–Trinajstić information content (AvgIpc) is 2.58. The number of hydrogen-bond acceptors (Lipinski definition) is 5. The molecular formula is C15H22ClN3O3S. The Kier molecular flexibility index (Phi) is 5.38. The van der Waals surface area contributed by atoms with Gasteiger partial charge in [-0.2, -0.15) is 4.31 Å².